The third-order valence-electron chi connectivity index (χ3n) is 3.21. The van der Waals surface area contributed by atoms with Crippen LogP contribution >= 0.6 is 23.2 Å². The Balaban J connectivity index is 1.86. The minimum absolute atomic E-state index is 0.119. The van der Waals surface area contributed by atoms with Crippen molar-refractivity contribution in [2.75, 3.05) is 5.32 Å². The second kappa shape index (κ2) is 5.87. The Morgan fingerprint density at radius 2 is 1.91 bits per heavy atom. The molecule has 0 saturated heterocycles. The number of rotatable bonds is 3. The SMILES string of the molecule is O=C(Cn1c(=O)[nH]c2ccccc21)Nc1cccc(Cl)c1Cl. The minimum atomic E-state index is -0.365. The van der Waals surface area contributed by atoms with Crippen LogP contribution in [0.15, 0.2) is 47.3 Å². The number of aromatic nitrogens is 2. The van der Waals surface area contributed by atoms with E-state index in [0.717, 1.165) is 0 Å². The van der Waals surface area contributed by atoms with Crippen molar-refractivity contribution < 1.29 is 4.79 Å². The summed E-state index contributed by atoms with van der Waals surface area (Å²) in [4.78, 5) is 26.8. The van der Waals surface area contributed by atoms with Gasteiger partial charge in [-0.2, -0.15) is 0 Å². The number of fused-ring (bicyclic) bond motifs is 1. The van der Waals surface area contributed by atoms with E-state index in [1.807, 2.05) is 6.07 Å². The highest BCUT2D eigenvalue weighted by Crippen LogP contribution is 2.29. The zero-order valence-corrected chi connectivity index (χ0v) is 12.8. The lowest BCUT2D eigenvalue weighted by molar-refractivity contribution is -0.116. The Kier molecular flexibility index (Phi) is 3.92. The molecule has 5 nitrogen and oxygen atoms in total. The summed E-state index contributed by atoms with van der Waals surface area (Å²) in [6.07, 6.45) is 0. The number of imidazole rings is 1. The van der Waals surface area contributed by atoms with Gasteiger partial charge in [0.15, 0.2) is 0 Å². The van der Waals surface area contributed by atoms with Crippen LogP contribution in [-0.2, 0) is 11.3 Å². The molecule has 0 aliphatic heterocycles. The third-order valence-corrected chi connectivity index (χ3v) is 4.03. The molecule has 0 aliphatic carbocycles. The number of aromatic amines is 1. The number of amides is 1. The number of hydrogen-bond donors (Lipinski definition) is 2. The molecule has 7 heteroatoms. The Bertz CT molecular complexity index is 915. The van der Waals surface area contributed by atoms with Crippen LogP contribution in [0.5, 0.6) is 0 Å². The Morgan fingerprint density at radius 3 is 2.73 bits per heavy atom. The maximum atomic E-state index is 12.2. The van der Waals surface area contributed by atoms with Crippen LogP contribution in [-0.4, -0.2) is 15.5 Å². The second-order valence-electron chi connectivity index (χ2n) is 4.68. The van der Waals surface area contributed by atoms with Crippen LogP contribution < -0.4 is 11.0 Å². The van der Waals surface area contributed by atoms with Crippen molar-refractivity contribution in [1.82, 2.24) is 9.55 Å². The lowest BCUT2D eigenvalue weighted by Gasteiger charge is -2.08. The first-order chi connectivity index (χ1) is 10.6. The molecule has 22 heavy (non-hydrogen) atoms. The fraction of sp³-hybridized carbons (Fsp3) is 0.0667. The topological polar surface area (TPSA) is 66.9 Å². The van der Waals surface area contributed by atoms with Crippen molar-refractivity contribution in [3.63, 3.8) is 0 Å². The molecule has 2 aromatic carbocycles. The van der Waals surface area contributed by atoms with E-state index in [1.165, 1.54) is 4.57 Å². The van der Waals surface area contributed by atoms with Gasteiger partial charge in [-0.25, -0.2) is 4.79 Å². The van der Waals surface area contributed by atoms with Crippen LogP contribution in [0, 0.1) is 0 Å². The number of halogens is 2. The predicted molar refractivity (Wildman–Crippen MR) is 87.7 cm³/mol. The van der Waals surface area contributed by atoms with E-state index in [2.05, 4.69) is 10.3 Å². The Hall–Kier alpha value is -2.24. The normalized spacial score (nSPS) is 10.8. The number of carbonyl (C=O) groups is 1. The molecule has 0 bridgehead atoms. The number of nitrogens with one attached hydrogen (secondary N) is 2. The molecule has 1 aromatic heterocycles. The second-order valence-corrected chi connectivity index (χ2v) is 5.47. The first-order valence-corrected chi connectivity index (χ1v) is 7.23. The molecule has 2 N–H and O–H groups in total. The molecule has 112 valence electrons. The van der Waals surface area contributed by atoms with E-state index in [-0.39, 0.29) is 23.2 Å². The van der Waals surface area contributed by atoms with Gasteiger partial charge >= 0.3 is 5.69 Å². The number of anilines is 1. The molecule has 3 aromatic rings. The fourth-order valence-corrected chi connectivity index (χ4v) is 2.55. The van der Waals surface area contributed by atoms with Crippen LogP contribution in [0.2, 0.25) is 10.0 Å². The average molecular weight is 336 g/mol. The highest BCUT2D eigenvalue weighted by Gasteiger charge is 2.12. The van der Waals surface area contributed by atoms with Crippen molar-refractivity contribution in [1.29, 1.82) is 0 Å². The number of hydrogen-bond acceptors (Lipinski definition) is 2. The lowest BCUT2D eigenvalue weighted by atomic mass is 10.3. The average Bonchev–Trinajstić information content (AvgIpc) is 2.80. The molecule has 3 rings (SSSR count). The van der Waals surface area contributed by atoms with Gasteiger partial charge in [0.2, 0.25) is 5.91 Å². The highest BCUT2D eigenvalue weighted by atomic mass is 35.5. The van der Waals surface area contributed by atoms with Gasteiger partial charge in [-0.15, -0.1) is 0 Å². The summed E-state index contributed by atoms with van der Waals surface area (Å²) in [6, 6.07) is 12.1. The van der Waals surface area contributed by atoms with Crippen molar-refractivity contribution in [2.24, 2.45) is 0 Å². The van der Waals surface area contributed by atoms with Gasteiger partial charge in [0, 0.05) is 0 Å². The van der Waals surface area contributed by atoms with E-state index in [0.29, 0.717) is 21.7 Å². The zero-order valence-electron chi connectivity index (χ0n) is 11.3. The molecule has 0 unspecified atom stereocenters. The quantitative estimate of drug-likeness (QED) is 0.771. The fourth-order valence-electron chi connectivity index (χ4n) is 2.20. The number of nitrogens with zero attached hydrogens (tertiary/aromatic N) is 1. The van der Waals surface area contributed by atoms with Crippen molar-refractivity contribution in [3.05, 3.63) is 63.0 Å². The van der Waals surface area contributed by atoms with Gasteiger partial charge in [-0.05, 0) is 24.3 Å². The standard InChI is InChI=1S/C15H11Cl2N3O2/c16-9-4-3-6-11(14(9)17)18-13(21)8-20-12-7-2-1-5-10(12)19-15(20)22/h1-7H,8H2,(H,18,21)(H,19,22). The summed E-state index contributed by atoms with van der Waals surface area (Å²) in [5, 5.41) is 3.27. The summed E-state index contributed by atoms with van der Waals surface area (Å²) in [6.45, 7) is -0.119. The molecule has 0 atom stereocenters. The van der Waals surface area contributed by atoms with E-state index in [4.69, 9.17) is 23.2 Å². The number of H-pyrrole nitrogens is 1. The summed E-state index contributed by atoms with van der Waals surface area (Å²) < 4.78 is 1.36. The van der Waals surface area contributed by atoms with Crippen LogP contribution in [0.4, 0.5) is 5.69 Å². The van der Waals surface area contributed by atoms with Crippen molar-refractivity contribution in [3.8, 4) is 0 Å². The monoisotopic (exact) mass is 335 g/mol. The summed E-state index contributed by atoms with van der Waals surface area (Å²) >= 11 is 11.9. The smallest absolute Gasteiger partial charge is 0.323 e. The van der Waals surface area contributed by atoms with Crippen LogP contribution in [0.3, 0.4) is 0 Å². The molecule has 0 fully saturated rings. The minimum Gasteiger partial charge on any atom is -0.323 e. The van der Waals surface area contributed by atoms with E-state index in [9.17, 15) is 9.59 Å². The molecule has 1 heterocycles. The highest BCUT2D eigenvalue weighted by molar-refractivity contribution is 6.43. The Labute approximate surface area is 135 Å². The molecule has 1 amide bonds. The van der Waals surface area contributed by atoms with Gasteiger partial charge < -0.3 is 10.3 Å². The molecule has 0 radical (unpaired) electrons. The largest absolute Gasteiger partial charge is 0.326 e. The Morgan fingerprint density at radius 1 is 1.14 bits per heavy atom. The van der Waals surface area contributed by atoms with Gasteiger partial charge in [0.25, 0.3) is 0 Å². The van der Waals surface area contributed by atoms with E-state index >= 15 is 0 Å². The summed E-state index contributed by atoms with van der Waals surface area (Å²) in [5.41, 5.74) is 1.42. The van der Waals surface area contributed by atoms with Crippen molar-refractivity contribution >= 4 is 45.8 Å². The van der Waals surface area contributed by atoms with E-state index < -0.39 is 0 Å². The first kappa shape index (κ1) is 14.7. The summed E-state index contributed by atoms with van der Waals surface area (Å²) in [5.74, 6) is -0.365. The number of para-hydroxylation sites is 2. The molecular weight excluding hydrogens is 325 g/mol. The van der Waals surface area contributed by atoms with E-state index in [1.54, 1.807) is 36.4 Å². The van der Waals surface area contributed by atoms with Crippen LogP contribution in [0.25, 0.3) is 11.0 Å². The van der Waals surface area contributed by atoms with Gasteiger partial charge in [-0.3, -0.25) is 9.36 Å². The maximum absolute atomic E-state index is 12.2. The third kappa shape index (κ3) is 2.73. The molecule has 0 aliphatic rings. The van der Waals surface area contributed by atoms with Gasteiger partial charge in [0.05, 0.1) is 26.8 Å². The lowest BCUT2D eigenvalue weighted by Crippen LogP contribution is -2.25. The zero-order chi connectivity index (χ0) is 15.7. The molecular formula is C15H11Cl2N3O2. The predicted octanol–water partition coefficient (Wildman–Crippen LogP) is 3.28. The molecule has 0 spiro atoms. The van der Waals surface area contributed by atoms with Gasteiger partial charge in [0.1, 0.15) is 6.54 Å². The molecule has 0 saturated carbocycles. The summed E-state index contributed by atoms with van der Waals surface area (Å²) in [7, 11) is 0. The number of carbonyl (C=O) groups excluding carboxylic acids is 1. The number of benzene rings is 2. The van der Waals surface area contributed by atoms with Crippen LogP contribution in [0.1, 0.15) is 0 Å². The maximum Gasteiger partial charge on any atom is 0.326 e. The van der Waals surface area contributed by atoms with Crippen molar-refractivity contribution in [2.45, 2.75) is 6.54 Å². The van der Waals surface area contributed by atoms with Gasteiger partial charge in [-0.1, -0.05) is 41.4 Å². The first-order valence-electron chi connectivity index (χ1n) is 6.47.